The van der Waals surface area contributed by atoms with Crippen LogP contribution in [0, 0.1) is 5.92 Å². The molecule has 0 bridgehead atoms. The highest BCUT2D eigenvalue weighted by atomic mass is 16.1. The molecule has 0 aliphatic carbocycles. The number of amides is 1. The van der Waals surface area contributed by atoms with Gasteiger partial charge >= 0.3 is 0 Å². The van der Waals surface area contributed by atoms with E-state index in [1.807, 2.05) is 12.1 Å². The number of carbonyl (C=O) groups excluding carboxylic acids is 1. The van der Waals surface area contributed by atoms with E-state index in [1.165, 1.54) is 24.9 Å². The second-order valence-electron chi connectivity index (χ2n) is 5.57. The Balaban J connectivity index is 2.13. The Hall–Kier alpha value is -1.51. The summed E-state index contributed by atoms with van der Waals surface area (Å²) < 4.78 is 0. The van der Waals surface area contributed by atoms with Crippen LogP contribution in [-0.4, -0.2) is 19.0 Å². The zero-order valence-electron chi connectivity index (χ0n) is 12.7. The summed E-state index contributed by atoms with van der Waals surface area (Å²) in [5.41, 5.74) is 2.14. The van der Waals surface area contributed by atoms with E-state index >= 15 is 0 Å². The van der Waals surface area contributed by atoms with Gasteiger partial charge in [0, 0.05) is 19.0 Å². The number of hydrogen-bond acceptors (Lipinski definition) is 2. The molecule has 1 aromatic carbocycles. The van der Waals surface area contributed by atoms with Gasteiger partial charge in [0.1, 0.15) is 0 Å². The average molecular weight is 274 g/mol. The molecule has 1 fully saturated rings. The van der Waals surface area contributed by atoms with Crippen molar-refractivity contribution in [1.82, 2.24) is 0 Å². The third kappa shape index (κ3) is 3.53. The Morgan fingerprint density at radius 2 is 1.80 bits per heavy atom. The number of anilines is 2. The van der Waals surface area contributed by atoms with Gasteiger partial charge in [0.2, 0.25) is 5.91 Å². The number of hydrogen-bond donors (Lipinski definition) is 1. The first-order valence-corrected chi connectivity index (χ1v) is 7.91. The van der Waals surface area contributed by atoms with Crippen molar-refractivity contribution in [2.75, 3.05) is 23.3 Å². The maximum atomic E-state index is 12.3. The summed E-state index contributed by atoms with van der Waals surface area (Å²) in [6, 6.07) is 8.19. The van der Waals surface area contributed by atoms with E-state index in [4.69, 9.17) is 0 Å². The van der Waals surface area contributed by atoms with Gasteiger partial charge < -0.3 is 10.2 Å². The van der Waals surface area contributed by atoms with Gasteiger partial charge in [-0.05, 0) is 44.2 Å². The fourth-order valence-electron chi connectivity index (χ4n) is 2.88. The molecule has 1 amide bonds. The predicted octanol–water partition coefficient (Wildman–Crippen LogP) is 4.05. The summed E-state index contributed by atoms with van der Waals surface area (Å²) in [5, 5.41) is 3.13. The zero-order valence-corrected chi connectivity index (χ0v) is 12.7. The lowest BCUT2D eigenvalue weighted by molar-refractivity contribution is -0.120. The average Bonchev–Trinajstić information content (AvgIpc) is 2.50. The van der Waals surface area contributed by atoms with Crippen LogP contribution < -0.4 is 10.2 Å². The van der Waals surface area contributed by atoms with Crippen molar-refractivity contribution in [2.24, 2.45) is 5.92 Å². The summed E-state index contributed by atoms with van der Waals surface area (Å²) in [4.78, 5) is 14.7. The molecule has 0 saturated carbocycles. The molecule has 0 atom stereocenters. The number of piperidine rings is 1. The molecule has 2 rings (SSSR count). The molecule has 1 saturated heterocycles. The van der Waals surface area contributed by atoms with Crippen LogP contribution in [0.5, 0.6) is 0 Å². The number of nitrogens with one attached hydrogen (secondary N) is 1. The summed E-state index contributed by atoms with van der Waals surface area (Å²) in [7, 11) is 0. The Labute approximate surface area is 122 Å². The molecule has 0 aromatic heterocycles. The van der Waals surface area contributed by atoms with Gasteiger partial charge in [0.25, 0.3) is 0 Å². The number of para-hydroxylation sites is 2. The van der Waals surface area contributed by atoms with Gasteiger partial charge in [-0.2, -0.15) is 0 Å². The highest BCUT2D eigenvalue weighted by Crippen LogP contribution is 2.28. The third-order valence-corrected chi connectivity index (χ3v) is 4.22. The molecule has 1 aliphatic heterocycles. The first kappa shape index (κ1) is 14.9. The number of nitrogens with zero attached hydrogens (tertiary/aromatic N) is 1. The van der Waals surface area contributed by atoms with E-state index in [9.17, 15) is 4.79 Å². The Morgan fingerprint density at radius 3 is 2.45 bits per heavy atom. The molecule has 1 aromatic rings. The van der Waals surface area contributed by atoms with Gasteiger partial charge in [-0.25, -0.2) is 0 Å². The first-order chi connectivity index (χ1) is 9.76. The standard InChI is InChI=1S/C17H26N2O/c1-3-14(4-2)17(20)18-15-10-6-7-11-16(15)19-12-8-5-9-13-19/h6-7,10-11,14H,3-5,8-9,12-13H2,1-2H3,(H,18,20). The van der Waals surface area contributed by atoms with Crippen LogP contribution in [0.25, 0.3) is 0 Å². The van der Waals surface area contributed by atoms with Crippen LogP contribution in [0.1, 0.15) is 46.0 Å². The normalized spacial score (nSPS) is 15.4. The lowest BCUT2D eigenvalue weighted by Crippen LogP contribution is -2.31. The van der Waals surface area contributed by atoms with Crippen LogP contribution in [0.4, 0.5) is 11.4 Å². The van der Waals surface area contributed by atoms with Gasteiger partial charge in [-0.1, -0.05) is 26.0 Å². The Kier molecular flexibility index (Phi) is 5.45. The van der Waals surface area contributed by atoms with Crippen LogP contribution in [-0.2, 0) is 4.79 Å². The smallest absolute Gasteiger partial charge is 0.227 e. The van der Waals surface area contributed by atoms with Crippen LogP contribution >= 0.6 is 0 Å². The molecule has 1 aliphatic rings. The van der Waals surface area contributed by atoms with E-state index in [-0.39, 0.29) is 11.8 Å². The fraction of sp³-hybridized carbons (Fsp3) is 0.588. The lowest BCUT2D eigenvalue weighted by atomic mass is 10.0. The monoisotopic (exact) mass is 274 g/mol. The second kappa shape index (κ2) is 7.32. The van der Waals surface area contributed by atoms with E-state index < -0.39 is 0 Å². The topological polar surface area (TPSA) is 32.3 Å². The lowest BCUT2D eigenvalue weighted by Gasteiger charge is -2.30. The fourth-order valence-corrected chi connectivity index (χ4v) is 2.88. The molecule has 0 spiro atoms. The van der Waals surface area contributed by atoms with Crippen LogP contribution in [0.15, 0.2) is 24.3 Å². The second-order valence-corrected chi connectivity index (χ2v) is 5.57. The number of rotatable bonds is 5. The van der Waals surface area contributed by atoms with Crippen molar-refractivity contribution in [1.29, 1.82) is 0 Å². The van der Waals surface area contributed by atoms with Crippen molar-refractivity contribution >= 4 is 17.3 Å². The molecule has 0 unspecified atom stereocenters. The van der Waals surface area contributed by atoms with Gasteiger partial charge in [0.05, 0.1) is 11.4 Å². The van der Waals surface area contributed by atoms with Crippen LogP contribution in [0.3, 0.4) is 0 Å². The van der Waals surface area contributed by atoms with Crippen molar-refractivity contribution in [3.05, 3.63) is 24.3 Å². The first-order valence-electron chi connectivity index (χ1n) is 7.91. The van der Waals surface area contributed by atoms with Gasteiger partial charge in [0.15, 0.2) is 0 Å². The minimum Gasteiger partial charge on any atom is -0.370 e. The summed E-state index contributed by atoms with van der Waals surface area (Å²) in [6.07, 6.45) is 5.60. The van der Waals surface area contributed by atoms with Crippen LogP contribution in [0.2, 0.25) is 0 Å². The SMILES string of the molecule is CCC(CC)C(=O)Nc1ccccc1N1CCCCC1. The van der Waals surface area contributed by atoms with E-state index in [0.29, 0.717) is 0 Å². The molecule has 20 heavy (non-hydrogen) atoms. The van der Waals surface area contributed by atoms with Gasteiger partial charge in [-0.15, -0.1) is 0 Å². The molecule has 1 heterocycles. The predicted molar refractivity (Wildman–Crippen MR) is 85.2 cm³/mol. The molecule has 3 nitrogen and oxygen atoms in total. The molecule has 110 valence electrons. The maximum absolute atomic E-state index is 12.3. The summed E-state index contributed by atoms with van der Waals surface area (Å²) in [5.74, 6) is 0.267. The number of benzene rings is 1. The Morgan fingerprint density at radius 1 is 1.15 bits per heavy atom. The zero-order chi connectivity index (χ0) is 14.4. The summed E-state index contributed by atoms with van der Waals surface area (Å²) in [6.45, 7) is 6.34. The molecule has 1 N–H and O–H groups in total. The minimum absolute atomic E-state index is 0.115. The van der Waals surface area contributed by atoms with Gasteiger partial charge in [-0.3, -0.25) is 4.79 Å². The quantitative estimate of drug-likeness (QED) is 0.878. The molecular weight excluding hydrogens is 248 g/mol. The highest BCUT2D eigenvalue weighted by Gasteiger charge is 2.18. The number of carbonyl (C=O) groups is 1. The van der Waals surface area contributed by atoms with E-state index in [0.717, 1.165) is 31.6 Å². The van der Waals surface area contributed by atoms with E-state index in [2.05, 4.69) is 36.2 Å². The highest BCUT2D eigenvalue weighted by molar-refractivity contribution is 5.95. The molecule has 0 radical (unpaired) electrons. The van der Waals surface area contributed by atoms with Crippen molar-refractivity contribution in [2.45, 2.75) is 46.0 Å². The summed E-state index contributed by atoms with van der Waals surface area (Å²) >= 11 is 0. The molecular formula is C17H26N2O. The van der Waals surface area contributed by atoms with Crippen molar-refractivity contribution in [3.8, 4) is 0 Å². The third-order valence-electron chi connectivity index (χ3n) is 4.22. The minimum atomic E-state index is 0.115. The van der Waals surface area contributed by atoms with Crippen molar-refractivity contribution < 1.29 is 4.79 Å². The molecule has 3 heteroatoms. The largest absolute Gasteiger partial charge is 0.370 e. The maximum Gasteiger partial charge on any atom is 0.227 e. The van der Waals surface area contributed by atoms with E-state index in [1.54, 1.807) is 0 Å². The van der Waals surface area contributed by atoms with Crippen molar-refractivity contribution in [3.63, 3.8) is 0 Å². The Bertz CT molecular complexity index is 434.